The summed E-state index contributed by atoms with van der Waals surface area (Å²) in [6, 6.07) is 8.39. The summed E-state index contributed by atoms with van der Waals surface area (Å²) in [5.41, 5.74) is 0.727. The molecule has 20 heavy (non-hydrogen) atoms. The molecule has 0 saturated heterocycles. The first-order valence-corrected chi connectivity index (χ1v) is 7.31. The Hall–Kier alpha value is -1.73. The zero-order chi connectivity index (χ0) is 14.7. The minimum Gasteiger partial charge on any atom is -0.364 e. The van der Waals surface area contributed by atoms with Crippen molar-refractivity contribution in [3.8, 4) is 0 Å². The molecular formula is C13H11BrN2O3S. The van der Waals surface area contributed by atoms with E-state index >= 15 is 0 Å². The quantitative estimate of drug-likeness (QED) is 0.464. The van der Waals surface area contributed by atoms with Gasteiger partial charge in [0, 0.05) is 23.6 Å². The number of nitro benzene ring substituents is 1. The Morgan fingerprint density at radius 2 is 2.15 bits per heavy atom. The van der Waals surface area contributed by atoms with Gasteiger partial charge in [-0.3, -0.25) is 14.9 Å². The first-order valence-electron chi connectivity index (χ1n) is 5.70. The summed E-state index contributed by atoms with van der Waals surface area (Å²) < 4.78 is 1.02. The van der Waals surface area contributed by atoms with Gasteiger partial charge < -0.3 is 4.90 Å². The van der Waals surface area contributed by atoms with Crippen molar-refractivity contribution in [3.63, 3.8) is 0 Å². The van der Waals surface area contributed by atoms with E-state index in [-0.39, 0.29) is 5.69 Å². The Labute approximate surface area is 128 Å². The SMILES string of the molecule is CN(Cc1ccc(Br)s1)c1ccc(C=O)cc1[N+](=O)[O-]. The van der Waals surface area contributed by atoms with Gasteiger partial charge in [0.2, 0.25) is 0 Å². The van der Waals surface area contributed by atoms with E-state index in [0.29, 0.717) is 24.1 Å². The molecule has 104 valence electrons. The van der Waals surface area contributed by atoms with Crippen LogP contribution in [0.25, 0.3) is 0 Å². The number of halogens is 1. The maximum Gasteiger partial charge on any atom is 0.293 e. The van der Waals surface area contributed by atoms with E-state index in [1.165, 1.54) is 6.07 Å². The highest BCUT2D eigenvalue weighted by Crippen LogP contribution is 2.30. The number of hydrogen-bond donors (Lipinski definition) is 0. The molecule has 0 N–H and O–H groups in total. The molecule has 0 bridgehead atoms. The molecule has 0 amide bonds. The van der Waals surface area contributed by atoms with Gasteiger partial charge in [-0.15, -0.1) is 11.3 Å². The van der Waals surface area contributed by atoms with Crippen molar-refractivity contribution < 1.29 is 9.72 Å². The molecule has 1 heterocycles. The lowest BCUT2D eigenvalue weighted by molar-refractivity contribution is -0.384. The van der Waals surface area contributed by atoms with Gasteiger partial charge in [0.05, 0.1) is 15.3 Å². The largest absolute Gasteiger partial charge is 0.364 e. The molecule has 2 rings (SSSR count). The van der Waals surface area contributed by atoms with Crippen LogP contribution in [0.3, 0.4) is 0 Å². The predicted octanol–water partition coefficient (Wildman–Crippen LogP) is 3.87. The number of carbonyl (C=O) groups is 1. The Morgan fingerprint density at radius 3 is 2.70 bits per heavy atom. The van der Waals surface area contributed by atoms with Gasteiger partial charge in [-0.1, -0.05) is 0 Å². The first-order chi connectivity index (χ1) is 9.51. The molecule has 1 aromatic heterocycles. The number of anilines is 1. The molecule has 2 aromatic rings. The van der Waals surface area contributed by atoms with Crippen LogP contribution in [0.4, 0.5) is 11.4 Å². The van der Waals surface area contributed by atoms with E-state index in [1.54, 1.807) is 35.4 Å². The topological polar surface area (TPSA) is 63.5 Å². The van der Waals surface area contributed by atoms with Crippen LogP contribution in [0.5, 0.6) is 0 Å². The summed E-state index contributed by atoms with van der Waals surface area (Å²) in [7, 11) is 1.79. The molecule has 0 radical (unpaired) electrons. The minimum atomic E-state index is -0.469. The van der Waals surface area contributed by atoms with E-state index < -0.39 is 4.92 Å². The third-order valence-corrected chi connectivity index (χ3v) is 4.37. The van der Waals surface area contributed by atoms with Gasteiger partial charge in [0.25, 0.3) is 5.69 Å². The van der Waals surface area contributed by atoms with Gasteiger partial charge in [0.1, 0.15) is 12.0 Å². The fraction of sp³-hybridized carbons (Fsp3) is 0.154. The smallest absolute Gasteiger partial charge is 0.293 e. The van der Waals surface area contributed by atoms with Crippen molar-refractivity contribution in [2.75, 3.05) is 11.9 Å². The highest BCUT2D eigenvalue weighted by molar-refractivity contribution is 9.11. The lowest BCUT2D eigenvalue weighted by Crippen LogP contribution is -2.17. The number of thiophene rings is 1. The second kappa shape index (κ2) is 6.15. The van der Waals surface area contributed by atoms with Crippen LogP contribution >= 0.6 is 27.3 Å². The molecule has 0 atom stereocenters. The number of rotatable bonds is 5. The number of aldehydes is 1. The van der Waals surface area contributed by atoms with E-state index in [9.17, 15) is 14.9 Å². The summed E-state index contributed by atoms with van der Waals surface area (Å²) >= 11 is 4.97. The summed E-state index contributed by atoms with van der Waals surface area (Å²) in [5.74, 6) is 0. The number of benzene rings is 1. The maximum atomic E-state index is 11.1. The lowest BCUT2D eigenvalue weighted by Gasteiger charge is -2.18. The molecule has 1 aromatic carbocycles. The van der Waals surface area contributed by atoms with Crippen LogP contribution < -0.4 is 4.90 Å². The summed E-state index contributed by atoms with van der Waals surface area (Å²) in [5, 5.41) is 11.1. The molecule has 0 fully saturated rings. The predicted molar refractivity (Wildman–Crippen MR) is 82.6 cm³/mol. The van der Waals surface area contributed by atoms with Crippen LogP contribution in [0.1, 0.15) is 15.2 Å². The van der Waals surface area contributed by atoms with Gasteiger partial charge in [-0.25, -0.2) is 0 Å². The van der Waals surface area contributed by atoms with Crippen LogP contribution in [0.15, 0.2) is 34.1 Å². The molecule has 0 saturated carbocycles. The van der Waals surface area contributed by atoms with Crippen molar-refractivity contribution in [1.29, 1.82) is 0 Å². The zero-order valence-corrected chi connectivity index (χ0v) is 13.0. The molecule has 0 aliphatic carbocycles. The Bertz CT molecular complexity index is 657. The number of hydrogen-bond acceptors (Lipinski definition) is 5. The van der Waals surface area contributed by atoms with E-state index in [1.807, 2.05) is 12.1 Å². The van der Waals surface area contributed by atoms with E-state index in [2.05, 4.69) is 15.9 Å². The maximum absolute atomic E-state index is 11.1. The second-order valence-electron chi connectivity index (χ2n) is 4.18. The monoisotopic (exact) mass is 354 g/mol. The second-order valence-corrected chi connectivity index (χ2v) is 6.73. The number of carbonyl (C=O) groups excluding carboxylic acids is 1. The van der Waals surface area contributed by atoms with Crippen molar-refractivity contribution in [2.24, 2.45) is 0 Å². The Kier molecular flexibility index (Phi) is 4.51. The van der Waals surface area contributed by atoms with Gasteiger partial charge in [-0.2, -0.15) is 0 Å². The molecule has 0 aliphatic rings. The van der Waals surface area contributed by atoms with Crippen LogP contribution in [0, 0.1) is 10.1 Å². The molecule has 0 spiro atoms. The highest BCUT2D eigenvalue weighted by atomic mass is 79.9. The normalized spacial score (nSPS) is 10.3. The minimum absolute atomic E-state index is 0.0623. The van der Waals surface area contributed by atoms with Gasteiger partial charge in [0.15, 0.2) is 0 Å². The van der Waals surface area contributed by atoms with Crippen molar-refractivity contribution >= 4 is 44.9 Å². The third-order valence-electron chi connectivity index (χ3n) is 2.77. The summed E-state index contributed by atoms with van der Waals surface area (Å²) in [6.45, 7) is 0.567. The van der Waals surface area contributed by atoms with Crippen LogP contribution in [0.2, 0.25) is 0 Å². The van der Waals surface area contributed by atoms with Crippen molar-refractivity contribution in [1.82, 2.24) is 0 Å². The number of nitro groups is 1. The van der Waals surface area contributed by atoms with Crippen molar-refractivity contribution in [2.45, 2.75) is 6.54 Å². The molecule has 0 aliphatic heterocycles. The third kappa shape index (κ3) is 3.23. The molecule has 0 unspecified atom stereocenters. The van der Waals surface area contributed by atoms with Crippen molar-refractivity contribution in [3.05, 3.63) is 54.7 Å². The Balaban J connectivity index is 2.31. The van der Waals surface area contributed by atoms with E-state index in [0.717, 1.165) is 8.66 Å². The lowest BCUT2D eigenvalue weighted by atomic mass is 10.1. The van der Waals surface area contributed by atoms with Gasteiger partial charge >= 0.3 is 0 Å². The fourth-order valence-electron chi connectivity index (χ4n) is 1.84. The highest BCUT2D eigenvalue weighted by Gasteiger charge is 2.18. The first kappa shape index (κ1) is 14.7. The van der Waals surface area contributed by atoms with Gasteiger partial charge in [-0.05, 0) is 40.2 Å². The van der Waals surface area contributed by atoms with Crippen LogP contribution in [-0.2, 0) is 6.54 Å². The average Bonchev–Trinajstić information content (AvgIpc) is 2.83. The van der Waals surface area contributed by atoms with Crippen LogP contribution in [-0.4, -0.2) is 18.3 Å². The molecule has 7 heteroatoms. The molecular weight excluding hydrogens is 344 g/mol. The molecule has 5 nitrogen and oxygen atoms in total. The fourth-order valence-corrected chi connectivity index (χ4v) is 3.38. The average molecular weight is 355 g/mol. The van der Waals surface area contributed by atoms with E-state index in [4.69, 9.17) is 0 Å². The number of nitrogens with zero attached hydrogens (tertiary/aromatic N) is 2. The summed E-state index contributed by atoms with van der Waals surface area (Å²) in [4.78, 5) is 24.2. The zero-order valence-electron chi connectivity index (χ0n) is 10.6. The standard InChI is InChI=1S/C13H11BrN2O3S/c1-15(7-10-3-5-13(14)20-10)11-4-2-9(8-17)6-12(11)16(18)19/h2-6,8H,7H2,1H3. The Morgan fingerprint density at radius 1 is 1.40 bits per heavy atom. The summed E-state index contributed by atoms with van der Waals surface area (Å²) in [6.07, 6.45) is 0.604.